The lowest BCUT2D eigenvalue weighted by Gasteiger charge is -2.26. The molecule has 1 aromatic heterocycles. The number of rotatable bonds is 7. The van der Waals surface area contributed by atoms with Crippen molar-refractivity contribution in [2.24, 2.45) is 0 Å². The number of ether oxygens (including phenoxy) is 1. The van der Waals surface area contributed by atoms with Crippen LogP contribution in [0.15, 0.2) is 67.0 Å². The van der Waals surface area contributed by atoms with Gasteiger partial charge in [-0.2, -0.15) is 5.10 Å². The third kappa shape index (κ3) is 4.15. The van der Waals surface area contributed by atoms with E-state index >= 15 is 0 Å². The number of para-hydroxylation sites is 1. The van der Waals surface area contributed by atoms with E-state index in [1.54, 1.807) is 6.20 Å². The van der Waals surface area contributed by atoms with E-state index in [0.29, 0.717) is 13.0 Å². The number of amides is 1. The predicted molar refractivity (Wildman–Crippen MR) is 124 cm³/mol. The summed E-state index contributed by atoms with van der Waals surface area (Å²) in [6.45, 7) is 6.60. The molecule has 2 aliphatic heterocycles. The maximum Gasteiger partial charge on any atom is 0.224 e. The van der Waals surface area contributed by atoms with Crippen LogP contribution in [0, 0.1) is 0 Å². The van der Waals surface area contributed by atoms with Gasteiger partial charge in [0, 0.05) is 56.1 Å². The van der Waals surface area contributed by atoms with Crippen LogP contribution in [-0.4, -0.2) is 50.2 Å². The summed E-state index contributed by atoms with van der Waals surface area (Å²) in [6.07, 6.45) is 5.47. The number of carbonyl (C=O) groups is 1. The molecule has 32 heavy (non-hydrogen) atoms. The van der Waals surface area contributed by atoms with Crippen molar-refractivity contribution in [3.63, 3.8) is 0 Å². The first-order chi connectivity index (χ1) is 15.6. The van der Waals surface area contributed by atoms with E-state index in [-0.39, 0.29) is 24.1 Å². The Morgan fingerprint density at radius 3 is 2.59 bits per heavy atom. The first kappa shape index (κ1) is 20.8. The summed E-state index contributed by atoms with van der Waals surface area (Å²) < 4.78 is 7.86. The van der Waals surface area contributed by atoms with Crippen LogP contribution in [0.4, 0.5) is 0 Å². The maximum atomic E-state index is 12.9. The van der Waals surface area contributed by atoms with E-state index in [1.165, 1.54) is 5.56 Å². The zero-order valence-corrected chi connectivity index (χ0v) is 18.7. The number of hydrogen-bond donors (Lipinski definition) is 0. The normalized spacial score (nSPS) is 20.8. The summed E-state index contributed by atoms with van der Waals surface area (Å²) in [5.41, 5.74) is 3.38. The van der Waals surface area contributed by atoms with Crippen molar-refractivity contribution in [3.8, 4) is 11.4 Å². The Kier molecular flexibility index (Phi) is 5.70. The van der Waals surface area contributed by atoms with Crippen molar-refractivity contribution >= 4 is 5.91 Å². The Morgan fingerprint density at radius 2 is 1.84 bits per heavy atom. The molecule has 6 nitrogen and oxygen atoms in total. The zero-order chi connectivity index (χ0) is 22.1. The minimum Gasteiger partial charge on any atom is -0.491 e. The third-order valence-corrected chi connectivity index (χ3v) is 6.50. The summed E-state index contributed by atoms with van der Waals surface area (Å²) in [7, 11) is 0. The lowest BCUT2D eigenvalue weighted by atomic mass is 10.1. The Hall–Kier alpha value is -3.12. The van der Waals surface area contributed by atoms with E-state index in [0.717, 1.165) is 36.5 Å². The van der Waals surface area contributed by atoms with Crippen molar-refractivity contribution < 1.29 is 9.53 Å². The predicted octanol–water partition coefficient (Wildman–Crippen LogP) is 4.03. The Morgan fingerprint density at radius 1 is 1.03 bits per heavy atom. The summed E-state index contributed by atoms with van der Waals surface area (Å²) in [5, 5.41) is 4.28. The first-order valence-electron chi connectivity index (χ1n) is 11.5. The molecule has 3 heterocycles. The second-order valence-electron chi connectivity index (χ2n) is 9.01. The molecule has 0 N–H and O–H groups in total. The Labute approximate surface area is 189 Å². The SMILES string of the molecule is CC(C)Oc1ccccc1CN1CC[C@H]2[C@@H]1CC(=O)N2Cc1ccc(-n2cccn2)cc1. The topological polar surface area (TPSA) is 50.6 Å². The van der Waals surface area contributed by atoms with Gasteiger partial charge in [-0.05, 0) is 50.1 Å². The third-order valence-electron chi connectivity index (χ3n) is 6.50. The van der Waals surface area contributed by atoms with Crippen molar-refractivity contribution in [3.05, 3.63) is 78.1 Å². The molecule has 2 atom stereocenters. The highest BCUT2D eigenvalue weighted by molar-refractivity contribution is 5.80. The molecule has 2 fully saturated rings. The van der Waals surface area contributed by atoms with Crippen molar-refractivity contribution in [1.82, 2.24) is 19.6 Å². The van der Waals surface area contributed by atoms with E-state index in [9.17, 15) is 4.79 Å². The summed E-state index contributed by atoms with van der Waals surface area (Å²) in [5.74, 6) is 1.21. The van der Waals surface area contributed by atoms with Gasteiger partial charge >= 0.3 is 0 Å². The lowest BCUT2D eigenvalue weighted by Crippen LogP contribution is -2.36. The van der Waals surface area contributed by atoms with Crippen molar-refractivity contribution in [1.29, 1.82) is 0 Å². The fourth-order valence-electron chi connectivity index (χ4n) is 5.01. The maximum absolute atomic E-state index is 12.9. The fourth-order valence-corrected chi connectivity index (χ4v) is 5.01. The van der Waals surface area contributed by atoms with E-state index in [2.05, 4.69) is 65.1 Å². The molecule has 0 saturated carbocycles. The molecular formula is C26H30N4O2. The van der Waals surface area contributed by atoms with Gasteiger partial charge in [-0.15, -0.1) is 0 Å². The van der Waals surface area contributed by atoms with Gasteiger partial charge in [0.25, 0.3) is 0 Å². The molecule has 5 rings (SSSR count). The lowest BCUT2D eigenvalue weighted by molar-refractivity contribution is -0.129. The molecular weight excluding hydrogens is 400 g/mol. The minimum atomic E-state index is 0.144. The highest BCUT2D eigenvalue weighted by Crippen LogP contribution is 2.35. The average molecular weight is 431 g/mol. The quantitative estimate of drug-likeness (QED) is 0.568. The highest BCUT2D eigenvalue weighted by Gasteiger charge is 2.46. The van der Waals surface area contributed by atoms with Crippen molar-refractivity contribution in [2.75, 3.05) is 6.54 Å². The number of fused-ring (bicyclic) bond motifs is 1. The van der Waals surface area contributed by atoms with Gasteiger partial charge in [-0.25, -0.2) is 4.68 Å². The second kappa shape index (κ2) is 8.79. The number of nitrogens with zero attached hydrogens (tertiary/aromatic N) is 4. The van der Waals surface area contributed by atoms with Gasteiger partial charge in [0.15, 0.2) is 0 Å². The molecule has 2 aromatic carbocycles. The number of aromatic nitrogens is 2. The molecule has 166 valence electrons. The van der Waals surface area contributed by atoms with E-state index < -0.39 is 0 Å². The van der Waals surface area contributed by atoms with Crippen LogP contribution in [0.5, 0.6) is 5.75 Å². The highest BCUT2D eigenvalue weighted by atomic mass is 16.5. The van der Waals surface area contributed by atoms with Crippen LogP contribution in [0.25, 0.3) is 5.69 Å². The van der Waals surface area contributed by atoms with Crippen LogP contribution < -0.4 is 4.74 Å². The van der Waals surface area contributed by atoms with Gasteiger partial charge in [-0.1, -0.05) is 30.3 Å². The molecule has 3 aromatic rings. The molecule has 0 bridgehead atoms. The molecule has 2 aliphatic rings. The molecule has 0 radical (unpaired) electrons. The number of hydrogen-bond acceptors (Lipinski definition) is 4. The van der Waals surface area contributed by atoms with Gasteiger partial charge in [0.05, 0.1) is 11.8 Å². The van der Waals surface area contributed by atoms with Gasteiger partial charge in [-0.3, -0.25) is 9.69 Å². The largest absolute Gasteiger partial charge is 0.491 e. The second-order valence-corrected chi connectivity index (χ2v) is 9.01. The van der Waals surface area contributed by atoms with Crippen LogP contribution in [0.3, 0.4) is 0 Å². The molecule has 2 saturated heterocycles. The Balaban J connectivity index is 1.26. The smallest absolute Gasteiger partial charge is 0.224 e. The van der Waals surface area contributed by atoms with Crippen LogP contribution in [0.2, 0.25) is 0 Å². The first-order valence-corrected chi connectivity index (χ1v) is 11.5. The fraction of sp³-hybridized carbons (Fsp3) is 0.385. The monoisotopic (exact) mass is 430 g/mol. The standard InChI is InChI=1S/C26H30N4O2/c1-19(2)32-25-7-4-3-6-21(25)18-28-15-12-23-24(28)16-26(31)29(23)17-20-8-10-22(11-9-20)30-14-5-13-27-30/h3-11,13-14,19,23-24H,12,15-18H2,1-2H3/t23-,24-/m0/s1. The molecule has 0 spiro atoms. The molecule has 0 aliphatic carbocycles. The van der Waals surface area contributed by atoms with Crippen LogP contribution >= 0.6 is 0 Å². The van der Waals surface area contributed by atoms with Gasteiger partial charge < -0.3 is 9.64 Å². The van der Waals surface area contributed by atoms with E-state index in [4.69, 9.17) is 4.74 Å². The molecule has 1 amide bonds. The van der Waals surface area contributed by atoms with Crippen LogP contribution in [0.1, 0.15) is 37.8 Å². The van der Waals surface area contributed by atoms with Crippen molar-refractivity contribution in [2.45, 2.75) is 58.0 Å². The summed E-state index contributed by atoms with van der Waals surface area (Å²) in [6, 6.07) is 19.1. The minimum absolute atomic E-state index is 0.144. The average Bonchev–Trinajstić information content (AvgIpc) is 3.50. The van der Waals surface area contributed by atoms with E-state index in [1.807, 2.05) is 29.1 Å². The van der Waals surface area contributed by atoms with Gasteiger partial charge in [0.2, 0.25) is 5.91 Å². The summed E-state index contributed by atoms with van der Waals surface area (Å²) >= 11 is 0. The zero-order valence-electron chi connectivity index (χ0n) is 18.7. The number of benzene rings is 2. The Bertz CT molecular complexity index is 1060. The van der Waals surface area contributed by atoms with Gasteiger partial charge in [0.1, 0.15) is 5.75 Å². The number of likely N-dealkylation sites (tertiary alicyclic amines) is 2. The van der Waals surface area contributed by atoms with Crippen LogP contribution in [-0.2, 0) is 17.9 Å². The molecule has 0 unspecified atom stereocenters. The summed E-state index contributed by atoms with van der Waals surface area (Å²) in [4.78, 5) is 17.5. The number of carbonyl (C=O) groups excluding carboxylic acids is 1. The molecule has 6 heteroatoms.